The van der Waals surface area contributed by atoms with Crippen LogP contribution < -0.4 is 0 Å². The number of benzene rings is 1. The molecule has 1 atom stereocenters. The van der Waals surface area contributed by atoms with Crippen LogP contribution in [0.4, 0.5) is 0 Å². The quantitative estimate of drug-likeness (QED) is 0.626. The van der Waals surface area contributed by atoms with Gasteiger partial charge in [0.15, 0.2) is 5.65 Å². The van der Waals surface area contributed by atoms with Crippen molar-refractivity contribution in [1.29, 1.82) is 5.26 Å². The molecular formula is C18H14N6. The van der Waals surface area contributed by atoms with E-state index in [4.69, 9.17) is 0 Å². The Morgan fingerprint density at radius 2 is 2.04 bits per heavy atom. The Balaban J connectivity index is 1.76. The molecule has 4 rings (SSSR count). The van der Waals surface area contributed by atoms with E-state index in [2.05, 4.69) is 26.3 Å². The first-order chi connectivity index (χ1) is 11.9. The van der Waals surface area contributed by atoms with Crippen molar-refractivity contribution in [2.24, 2.45) is 0 Å². The largest absolute Gasteiger partial charge is 0.345 e. The Bertz CT molecular complexity index is 1010. The molecule has 0 fully saturated rings. The molecule has 0 amide bonds. The highest BCUT2D eigenvalue weighted by molar-refractivity contribution is 5.91. The van der Waals surface area contributed by atoms with E-state index in [1.807, 2.05) is 53.5 Å². The summed E-state index contributed by atoms with van der Waals surface area (Å²) in [6.45, 7) is 0. The van der Waals surface area contributed by atoms with Gasteiger partial charge in [-0.15, -0.1) is 5.10 Å². The highest BCUT2D eigenvalue weighted by Gasteiger charge is 2.16. The second-order valence-corrected chi connectivity index (χ2v) is 5.50. The van der Waals surface area contributed by atoms with E-state index < -0.39 is 0 Å². The lowest BCUT2D eigenvalue weighted by atomic mass is 10.0. The molecule has 0 radical (unpaired) electrons. The molecule has 0 aliphatic carbocycles. The van der Waals surface area contributed by atoms with Gasteiger partial charge in [0.25, 0.3) is 0 Å². The first-order valence-corrected chi connectivity index (χ1v) is 7.62. The van der Waals surface area contributed by atoms with Crippen LogP contribution in [0.15, 0.2) is 61.2 Å². The average Bonchev–Trinajstić information content (AvgIpc) is 3.29. The summed E-state index contributed by atoms with van der Waals surface area (Å²) >= 11 is 0. The van der Waals surface area contributed by atoms with E-state index in [1.54, 1.807) is 12.4 Å². The minimum atomic E-state index is -0.110. The maximum absolute atomic E-state index is 9.18. The van der Waals surface area contributed by atoms with Gasteiger partial charge >= 0.3 is 0 Å². The lowest BCUT2D eigenvalue weighted by Gasteiger charge is -2.14. The maximum atomic E-state index is 9.18. The van der Waals surface area contributed by atoms with E-state index in [9.17, 15) is 5.26 Å². The van der Waals surface area contributed by atoms with Crippen LogP contribution in [-0.4, -0.2) is 25.0 Å². The Kier molecular flexibility index (Phi) is 3.52. The third-order valence-electron chi connectivity index (χ3n) is 4.06. The second kappa shape index (κ2) is 5.97. The molecular weight excluding hydrogens is 300 g/mol. The Labute approximate surface area is 138 Å². The molecule has 3 aromatic heterocycles. The molecule has 6 heteroatoms. The van der Waals surface area contributed by atoms with Gasteiger partial charge in [-0.25, -0.2) is 0 Å². The third-order valence-corrected chi connectivity index (χ3v) is 4.06. The molecule has 0 aliphatic rings. The number of rotatable bonds is 4. The van der Waals surface area contributed by atoms with Gasteiger partial charge in [-0.05, 0) is 11.6 Å². The first-order valence-electron chi connectivity index (χ1n) is 7.62. The zero-order chi connectivity index (χ0) is 16.4. The first kappa shape index (κ1) is 14.2. The van der Waals surface area contributed by atoms with Crippen LogP contribution >= 0.6 is 0 Å². The third kappa shape index (κ3) is 2.42. The van der Waals surface area contributed by atoms with Crippen molar-refractivity contribution in [3.63, 3.8) is 0 Å². The monoisotopic (exact) mass is 314 g/mol. The van der Waals surface area contributed by atoms with Crippen LogP contribution in [0.5, 0.6) is 0 Å². The van der Waals surface area contributed by atoms with Crippen molar-refractivity contribution in [3.05, 3.63) is 66.7 Å². The Morgan fingerprint density at radius 1 is 1.17 bits per heavy atom. The van der Waals surface area contributed by atoms with Crippen LogP contribution in [0.1, 0.15) is 18.0 Å². The van der Waals surface area contributed by atoms with Gasteiger partial charge in [0.1, 0.15) is 0 Å². The zero-order valence-corrected chi connectivity index (χ0v) is 12.8. The normalized spacial score (nSPS) is 12.1. The number of hydrogen-bond acceptors (Lipinski definition) is 4. The fraction of sp³-hybridized carbons (Fsp3) is 0.111. The smallest absolute Gasteiger partial charge is 0.160 e. The van der Waals surface area contributed by atoms with E-state index in [0.29, 0.717) is 6.42 Å². The maximum Gasteiger partial charge on any atom is 0.160 e. The van der Waals surface area contributed by atoms with Gasteiger partial charge in [0, 0.05) is 28.9 Å². The number of fused-ring (bicyclic) bond motifs is 1. The van der Waals surface area contributed by atoms with Crippen molar-refractivity contribution in [2.45, 2.75) is 12.5 Å². The highest BCUT2D eigenvalue weighted by atomic mass is 15.3. The van der Waals surface area contributed by atoms with Gasteiger partial charge in [-0.2, -0.15) is 15.5 Å². The number of H-pyrrole nitrogens is 1. The Hall–Kier alpha value is -3.46. The van der Waals surface area contributed by atoms with Gasteiger partial charge < -0.3 is 4.98 Å². The minimum absolute atomic E-state index is 0.110. The standard InChI is InChI=1S/C18H14N6/c19-8-6-17(13-4-2-1-3-5-13)24-12-14(10-22-24)16-11-21-23-18-15(16)7-9-20-18/h1-5,7,9-12,17H,6H2,(H,20,23). The van der Waals surface area contributed by atoms with E-state index >= 15 is 0 Å². The molecule has 116 valence electrons. The molecule has 1 unspecified atom stereocenters. The van der Waals surface area contributed by atoms with E-state index in [-0.39, 0.29) is 6.04 Å². The number of nitrogens with zero attached hydrogens (tertiary/aromatic N) is 5. The van der Waals surface area contributed by atoms with Crippen LogP contribution in [0.3, 0.4) is 0 Å². The lowest BCUT2D eigenvalue weighted by molar-refractivity contribution is 0.532. The summed E-state index contributed by atoms with van der Waals surface area (Å²) in [4.78, 5) is 3.06. The molecule has 0 saturated carbocycles. The fourth-order valence-electron chi connectivity index (χ4n) is 2.88. The van der Waals surface area contributed by atoms with Gasteiger partial charge in [-0.3, -0.25) is 4.68 Å². The predicted octanol–water partition coefficient (Wildman–Crippen LogP) is 3.32. The SMILES string of the molecule is N#CCC(c1ccccc1)n1cc(-c2cnnc3[nH]ccc23)cn1. The molecule has 1 aromatic carbocycles. The molecule has 3 heterocycles. The van der Waals surface area contributed by atoms with Crippen molar-refractivity contribution >= 4 is 11.0 Å². The summed E-state index contributed by atoms with van der Waals surface area (Å²) in [5, 5.41) is 22.8. The molecule has 0 spiro atoms. The van der Waals surface area contributed by atoms with Crippen LogP contribution in [-0.2, 0) is 0 Å². The van der Waals surface area contributed by atoms with Crippen molar-refractivity contribution in [3.8, 4) is 17.2 Å². The number of aromatic amines is 1. The zero-order valence-electron chi connectivity index (χ0n) is 12.8. The summed E-state index contributed by atoms with van der Waals surface area (Å²) < 4.78 is 1.84. The fourth-order valence-corrected chi connectivity index (χ4v) is 2.88. The van der Waals surface area contributed by atoms with Crippen LogP contribution in [0, 0.1) is 11.3 Å². The van der Waals surface area contributed by atoms with E-state index in [0.717, 1.165) is 27.7 Å². The number of nitrogens with one attached hydrogen (secondary N) is 1. The summed E-state index contributed by atoms with van der Waals surface area (Å²) in [7, 11) is 0. The van der Waals surface area contributed by atoms with Gasteiger partial charge in [0.05, 0.1) is 30.9 Å². The molecule has 4 aromatic rings. The van der Waals surface area contributed by atoms with Crippen LogP contribution in [0.25, 0.3) is 22.2 Å². The number of hydrogen-bond donors (Lipinski definition) is 1. The molecule has 24 heavy (non-hydrogen) atoms. The summed E-state index contributed by atoms with van der Waals surface area (Å²) in [6.07, 6.45) is 7.70. The molecule has 0 bridgehead atoms. The van der Waals surface area contributed by atoms with Gasteiger partial charge in [0.2, 0.25) is 0 Å². The summed E-state index contributed by atoms with van der Waals surface area (Å²) in [6, 6.07) is 14.1. The van der Waals surface area contributed by atoms with Crippen LogP contribution in [0.2, 0.25) is 0 Å². The highest BCUT2D eigenvalue weighted by Crippen LogP contribution is 2.28. The minimum Gasteiger partial charge on any atom is -0.345 e. The Morgan fingerprint density at radius 3 is 2.88 bits per heavy atom. The predicted molar refractivity (Wildman–Crippen MR) is 89.9 cm³/mol. The van der Waals surface area contributed by atoms with Crippen molar-refractivity contribution in [2.75, 3.05) is 0 Å². The van der Waals surface area contributed by atoms with Crippen molar-refractivity contribution < 1.29 is 0 Å². The van der Waals surface area contributed by atoms with E-state index in [1.165, 1.54) is 0 Å². The average molecular weight is 314 g/mol. The van der Waals surface area contributed by atoms with Crippen molar-refractivity contribution in [1.82, 2.24) is 25.0 Å². The molecule has 0 saturated heterocycles. The lowest BCUT2D eigenvalue weighted by Crippen LogP contribution is -2.10. The topological polar surface area (TPSA) is 83.2 Å². The summed E-state index contributed by atoms with van der Waals surface area (Å²) in [5.74, 6) is 0. The summed E-state index contributed by atoms with van der Waals surface area (Å²) in [5.41, 5.74) is 3.73. The molecule has 0 aliphatic heterocycles. The van der Waals surface area contributed by atoms with Gasteiger partial charge in [-0.1, -0.05) is 30.3 Å². The molecule has 1 N–H and O–H groups in total. The second-order valence-electron chi connectivity index (χ2n) is 5.50. The molecule has 6 nitrogen and oxygen atoms in total. The number of aromatic nitrogens is 5. The number of nitriles is 1.